The Morgan fingerprint density at radius 2 is 1.89 bits per heavy atom. The molecule has 0 spiro atoms. The largest absolute Gasteiger partial charge is 0.218 e. The van der Waals surface area contributed by atoms with Crippen molar-refractivity contribution >= 4 is 41.9 Å². The first-order valence-electron chi connectivity index (χ1n) is 5.24. The van der Waals surface area contributed by atoms with Crippen LogP contribution in [0.4, 0.5) is 0 Å². The van der Waals surface area contributed by atoms with Gasteiger partial charge in [-0.25, -0.2) is 8.42 Å². The molecule has 96 valence electrons. The molecule has 0 aromatic heterocycles. The molecule has 0 saturated carbocycles. The van der Waals surface area contributed by atoms with Crippen LogP contribution in [-0.2, 0) is 15.8 Å². The number of rotatable bonds is 3. The first-order chi connectivity index (χ1) is 8.44. The highest BCUT2D eigenvalue weighted by Gasteiger charge is 2.36. The van der Waals surface area contributed by atoms with Gasteiger partial charge in [-0.15, -0.1) is 0 Å². The average Bonchev–Trinajstić information content (AvgIpc) is 2.22. The van der Waals surface area contributed by atoms with Crippen LogP contribution in [0.5, 0.6) is 0 Å². The van der Waals surface area contributed by atoms with Gasteiger partial charge in [-0.2, -0.15) is 9.57 Å². The number of nitrogens with zero attached hydrogens (tertiary/aromatic N) is 2. The highest BCUT2D eigenvalue weighted by atomic mass is 79.9. The average molecular weight is 394 g/mol. The van der Waals surface area contributed by atoms with Gasteiger partial charge in [0.25, 0.3) is 0 Å². The topological polar surface area (TPSA) is 61.2 Å². The number of hydrogen-bond donors (Lipinski definition) is 0. The summed E-state index contributed by atoms with van der Waals surface area (Å²) in [7, 11) is -3.34. The molecule has 1 aromatic rings. The zero-order valence-corrected chi connectivity index (χ0v) is 13.3. The summed E-state index contributed by atoms with van der Waals surface area (Å²) in [6, 6.07) is 7.52. The lowest BCUT2D eigenvalue weighted by Gasteiger charge is -2.34. The van der Waals surface area contributed by atoms with Crippen LogP contribution in [0.25, 0.3) is 0 Å². The predicted molar refractivity (Wildman–Crippen MR) is 75.1 cm³/mol. The molecular formula is C11H10Br2N2O2S. The molecule has 0 unspecified atom stereocenters. The summed E-state index contributed by atoms with van der Waals surface area (Å²) >= 11 is 6.70. The van der Waals surface area contributed by atoms with Gasteiger partial charge in [-0.05, 0) is 17.7 Å². The Labute approximate surface area is 123 Å². The highest BCUT2D eigenvalue weighted by Crippen LogP contribution is 2.29. The van der Waals surface area contributed by atoms with Crippen molar-refractivity contribution < 1.29 is 8.42 Å². The Hall–Kier alpha value is -0.420. The van der Waals surface area contributed by atoms with E-state index >= 15 is 0 Å². The summed E-state index contributed by atoms with van der Waals surface area (Å²) in [4.78, 5) is 0. The fourth-order valence-corrected chi connectivity index (χ4v) is 5.01. The van der Waals surface area contributed by atoms with Crippen molar-refractivity contribution in [3.63, 3.8) is 0 Å². The third-order valence-corrected chi connectivity index (χ3v) is 6.04. The summed E-state index contributed by atoms with van der Waals surface area (Å²) in [6.07, 6.45) is 0. The van der Waals surface area contributed by atoms with E-state index < -0.39 is 10.0 Å². The Bertz CT molecular complexity index is 584. The minimum absolute atomic E-state index is 0.0623. The molecule has 0 aliphatic carbocycles. The molecule has 0 atom stereocenters. The fourth-order valence-electron chi connectivity index (χ4n) is 1.69. The monoisotopic (exact) mass is 392 g/mol. The zero-order chi connectivity index (χ0) is 13.3. The van der Waals surface area contributed by atoms with Crippen molar-refractivity contribution in [1.29, 1.82) is 5.26 Å². The molecule has 1 aromatic carbocycles. The maximum Gasteiger partial charge on any atom is 0.218 e. The first kappa shape index (κ1) is 14.0. The predicted octanol–water partition coefficient (Wildman–Crippen LogP) is 2.50. The van der Waals surface area contributed by atoms with Crippen molar-refractivity contribution in [3.05, 3.63) is 32.7 Å². The van der Waals surface area contributed by atoms with Gasteiger partial charge in [-0.3, -0.25) is 0 Å². The molecule has 0 radical (unpaired) electrons. The SMILES string of the molecule is N#CC1CN(S(=O)(=O)Cc2c(Br)cccc2Br)C1. The third kappa shape index (κ3) is 2.77. The van der Waals surface area contributed by atoms with Crippen LogP contribution in [0, 0.1) is 17.2 Å². The Kier molecular flexibility index (Phi) is 4.11. The zero-order valence-electron chi connectivity index (χ0n) is 9.31. The highest BCUT2D eigenvalue weighted by molar-refractivity contribution is 9.11. The molecule has 7 heteroatoms. The van der Waals surface area contributed by atoms with Gasteiger partial charge in [0.05, 0.1) is 17.7 Å². The Morgan fingerprint density at radius 3 is 2.39 bits per heavy atom. The minimum atomic E-state index is -3.34. The van der Waals surface area contributed by atoms with Gasteiger partial charge in [0.1, 0.15) is 0 Å². The molecular weight excluding hydrogens is 384 g/mol. The smallest absolute Gasteiger partial charge is 0.212 e. The molecule has 1 heterocycles. The fraction of sp³-hybridized carbons (Fsp3) is 0.364. The molecule has 2 rings (SSSR count). The molecule has 1 aliphatic heterocycles. The van der Waals surface area contributed by atoms with E-state index in [0.717, 1.165) is 8.95 Å². The molecule has 1 saturated heterocycles. The number of sulfonamides is 1. The van der Waals surface area contributed by atoms with Crippen LogP contribution in [0.2, 0.25) is 0 Å². The molecule has 4 nitrogen and oxygen atoms in total. The lowest BCUT2D eigenvalue weighted by molar-refractivity contribution is 0.248. The number of hydrogen-bond acceptors (Lipinski definition) is 3. The van der Waals surface area contributed by atoms with Crippen LogP contribution < -0.4 is 0 Å². The summed E-state index contributed by atoms with van der Waals surface area (Å²) in [5.41, 5.74) is 0.706. The van der Waals surface area contributed by atoms with Crippen molar-refractivity contribution in [2.45, 2.75) is 5.75 Å². The molecule has 18 heavy (non-hydrogen) atoms. The van der Waals surface area contributed by atoms with Gasteiger partial charge >= 0.3 is 0 Å². The van der Waals surface area contributed by atoms with Crippen molar-refractivity contribution in [3.8, 4) is 6.07 Å². The Morgan fingerprint density at radius 1 is 1.33 bits per heavy atom. The summed E-state index contributed by atoms with van der Waals surface area (Å²) in [6.45, 7) is 0.613. The molecule has 0 bridgehead atoms. The maximum absolute atomic E-state index is 12.1. The van der Waals surface area contributed by atoms with Gasteiger partial charge in [-0.1, -0.05) is 37.9 Å². The van der Waals surface area contributed by atoms with Crippen molar-refractivity contribution in [2.24, 2.45) is 5.92 Å². The van der Waals surface area contributed by atoms with Gasteiger partial charge < -0.3 is 0 Å². The van der Waals surface area contributed by atoms with Crippen LogP contribution in [0.15, 0.2) is 27.1 Å². The second-order valence-electron chi connectivity index (χ2n) is 4.10. The minimum Gasteiger partial charge on any atom is -0.212 e. The third-order valence-electron chi connectivity index (χ3n) is 2.81. The standard InChI is InChI=1S/C11H10Br2N2O2S/c12-10-2-1-3-11(13)9(10)7-18(16,17)15-5-8(4-14)6-15/h1-3,8H,5-7H2. The van der Waals surface area contributed by atoms with Crippen LogP contribution in [0.1, 0.15) is 5.56 Å². The Balaban J connectivity index is 2.17. The quantitative estimate of drug-likeness (QED) is 0.792. The summed E-state index contributed by atoms with van der Waals surface area (Å²) in [5, 5.41) is 8.66. The van der Waals surface area contributed by atoms with E-state index in [0.29, 0.717) is 18.7 Å². The van der Waals surface area contributed by atoms with Crippen LogP contribution in [0.3, 0.4) is 0 Å². The lowest BCUT2D eigenvalue weighted by atomic mass is 10.1. The second-order valence-corrected chi connectivity index (χ2v) is 7.78. The second kappa shape index (κ2) is 5.29. The van der Waals surface area contributed by atoms with Gasteiger partial charge in [0.15, 0.2) is 0 Å². The van der Waals surface area contributed by atoms with Crippen molar-refractivity contribution in [2.75, 3.05) is 13.1 Å². The van der Waals surface area contributed by atoms with E-state index in [-0.39, 0.29) is 11.7 Å². The van der Waals surface area contributed by atoms with E-state index in [4.69, 9.17) is 5.26 Å². The van der Waals surface area contributed by atoms with Crippen LogP contribution in [-0.4, -0.2) is 25.8 Å². The van der Waals surface area contributed by atoms with Crippen molar-refractivity contribution in [1.82, 2.24) is 4.31 Å². The first-order valence-corrected chi connectivity index (χ1v) is 8.44. The van der Waals surface area contributed by atoms with E-state index in [9.17, 15) is 8.42 Å². The lowest BCUT2D eigenvalue weighted by Crippen LogP contribution is -2.49. The van der Waals surface area contributed by atoms with Crippen LogP contribution >= 0.6 is 31.9 Å². The summed E-state index contributed by atoms with van der Waals surface area (Å²) in [5.74, 6) is -0.227. The molecule has 0 amide bonds. The van der Waals surface area contributed by atoms with E-state index in [1.807, 2.05) is 18.2 Å². The number of halogens is 2. The van der Waals surface area contributed by atoms with E-state index in [1.165, 1.54) is 4.31 Å². The van der Waals surface area contributed by atoms with E-state index in [2.05, 4.69) is 37.9 Å². The number of benzene rings is 1. The molecule has 1 aliphatic rings. The molecule has 0 N–H and O–H groups in total. The molecule has 1 fully saturated rings. The summed E-state index contributed by atoms with van der Waals surface area (Å²) < 4.78 is 27.1. The maximum atomic E-state index is 12.1. The van der Waals surface area contributed by atoms with Gasteiger partial charge in [0, 0.05) is 22.0 Å². The van der Waals surface area contributed by atoms with Gasteiger partial charge in [0.2, 0.25) is 10.0 Å². The number of nitriles is 1. The van der Waals surface area contributed by atoms with E-state index in [1.54, 1.807) is 0 Å². The normalized spacial score (nSPS) is 17.2.